The fraction of sp³-hybridized carbons (Fsp3) is 0.421. The third kappa shape index (κ3) is 4.07. The Morgan fingerprint density at radius 1 is 1.11 bits per heavy atom. The lowest BCUT2D eigenvalue weighted by molar-refractivity contribution is 0.120. The smallest absolute Gasteiger partial charge is 0.275 e. The van der Waals surface area contributed by atoms with Gasteiger partial charge in [-0.15, -0.1) is 0 Å². The Kier molecular flexibility index (Phi) is 5.29. The van der Waals surface area contributed by atoms with Crippen LogP contribution in [0.5, 0.6) is 0 Å². The molecule has 1 aliphatic rings. The van der Waals surface area contributed by atoms with Gasteiger partial charge in [0.2, 0.25) is 4.96 Å². The molecule has 1 aromatic carbocycles. The molecule has 1 fully saturated rings. The lowest BCUT2D eigenvalue weighted by atomic mass is 10.2. The first-order chi connectivity index (χ1) is 13.1. The molecule has 3 aromatic rings. The van der Waals surface area contributed by atoms with E-state index in [1.807, 2.05) is 19.1 Å². The average molecular weight is 387 g/mol. The first kappa shape index (κ1) is 18.2. The van der Waals surface area contributed by atoms with Crippen molar-refractivity contribution in [2.24, 2.45) is 0 Å². The number of piperazine rings is 1. The molecule has 0 aliphatic carbocycles. The first-order valence-electron chi connectivity index (χ1n) is 9.19. The Hall–Kier alpha value is -2.16. The molecule has 0 atom stereocenters. The van der Waals surface area contributed by atoms with Gasteiger partial charge in [-0.3, -0.25) is 14.6 Å². The molecule has 0 bridgehead atoms. The van der Waals surface area contributed by atoms with Crippen molar-refractivity contribution >= 4 is 16.3 Å². The van der Waals surface area contributed by atoms with E-state index in [0.717, 1.165) is 48.9 Å². The van der Waals surface area contributed by atoms with Gasteiger partial charge in [-0.1, -0.05) is 36.5 Å². The summed E-state index contributed by atoms with van der Waals surface area (Å²) in [5.41, 5.74) is 1.40. The summed E-state index contributed by atoms with van der Waals surface area (Å²) in [4.78, 5) is 22.1. The monoisotopic (exact) mass is 387 g/mol. The van der Waals surface area contributed by atoms with Gasteiger partial charge >= 0.3 is 0 Å². The number of aromatic nitrogens is 3. The van der Waals surface area contributed by atoms with Crippen molar-refractivity contribution in [3.63, 3.8) is 0 Å². The maximum Gasteiger partial charge on any atom is 0.275 e. The lowest BCUT2D eigenvalue weighted by Gasteiger charge is -2.34. The molecule has 0 N–H and O–H groups in total. The van der Waals surface area contributed by atoms with Crippen LogP contribution in [-0.4, -0.2) is 50.6 Å². The molecule has 6 nitrogen and oxygen atoms in total. The van der Waals surface area contributed by atoms with E-state index in [2.05, 4.69) is 19.9 Å². The van der Waals surface area contributed by atoms with Gasteiger partial charge in [0.15, 0.2) is 0 Å². The maximum absolute atomic E-state index is 13.8. The topological polar surface area (TPSA) is 53.7 Å². The second kappa shape index (κ2) is 7.84. The molecule has 3 heterocycles. The van der Waals surface area contributed by atoms with Gasteiger partial charge in [-0.25, -0.2) is 9.37 Å². The summed E-state index contributed by atoms with van der Waals surface area (Å²) >= 11 is 1.47. The van der Waals surface area contributed by atoms with Crippen molar-refractivity contribution in [1.82, 2.24) is 24.4 Å². The fourth-order valence-corrected chi connectivity index (χ4v) is 4.18. The van der Waals surface area contributed by atoms with E-state index in [1.54, 1.807) is 12.1 Å². The highest BCUT2D eigenvalue weighted by Crippen LogP contribution is 2.15. The molecular formula is C19H22FN5OS. The molecule has 1 saturated heterocycles. The standard InChI is InChI=1S/C19H22FN5OS/c1-2-17-22-25-18(26)11-15(21-19(25)27-17)13-24-9-7-23(8-10-24)12-14-5-3-4-6-16(14)20/h3-6,11H,2,7-10,12-13H2,1H3. The third-order valence-electron chi connectivity index (χ3n) is 4.84. The number of hydrogen-bond donors (Lipinski definition) is 0. The van der Waals surface area contributed by atoms with Crippen molar-refractivity contribution in [3.05, 3.63) is 62.8 Å². The summed E-state index contributed by atoms with van der Waals surface area (Å²) in [6, 6.07) is 8.52. The fourth-order valence-electron chi connectivity index (χ4n) is 3.32. The summed E-state index contributed by atoms with van der Waals surface area (Å²) in [7, 11) is 0. The van der Waals surface area contributed by atoms with E-state index in [-0.39, 0.29) is 11.4 Å². The molecule has 142 valence electrons. The molecule has 0 amide bonds. The first-order valence-corrected chi connectivity index (χ1v) is 10.0. The van der Waals surface area contributed by atoms with E-state index in [4.69, 9.17) is 0 Å². The van der Waals surface area contributed by atoms with E-state index in [1.165, 1.54) is 21.9 Å². The van der Waals surface area contributed by atoms with Crippen LogP contribution in [0.4, 0.5) is 4.39 Å². The van der Waals surface area contributed by atoms with Crippen LogP contribution in [0.25, 0.3) is 4.96 Å². The highest BCUT2D eigenvalue weighted by Gasteiger charge is 2.19. The SMILES string of the molecule is CCc1nn2c(=O)cc(CN3CCN(Cc4ccccc4F)CC3)nc2s1. The van der Waals surface area contributed by atoms with Crippen LogP contribution in [0.2, 0.25) is 0 Å². The number of halogens is 1. The van der Waals surface area contributed by atoms with E-state index < -0.39 is 0 Å². The lowest BCUT2D eigenvalue weighted by Crippen LogP contribution is -2.45. The number of hydrogen-bond acceptors (Lipinski definition) is 6. The molecule has 4 rings (SSSR count). The van der Waals surface area contributed by atoms with E-state index in [0.29, 0.717) is 18.1 Å². The summed E-state index contributed by atoms with van der Waals surface area (Å²) in [6.45, 7) is 6.79. The molecule has 8 heteroatoms. The van der Waals surface area contributed by atoms with Crippen molar-refractivity contribution in [3.8, 4) is 0 Å². The van der Waals surface area contributed by atoms with Crippen molar-refractivity contribution in [1.29, 1.82) is 0 Å². The zero-order valence-corrected chi connectivity index (χ0v) is 16.1. The Morgan fingerprint density at radius 2 is 1.81 bits per heavy atom. The molecule has 0 radical (unpaired) electrons. The minimum Gasteiger partial charge on any atom is -0.296 e. The number of rotatable bonds is 5. The Morgan fingerprint density at radius 3 is 2.52 bits per heavy atom. The van der Waals surface area contributed by atoms with Gasteiger partial charge in [0.05, 0.1) is 5.69 Å². The molecule has 0 unspecified atom stereocenters. The summed E-state index contributed by atoms with van der Waals surface area (Å²) in [6.07, 6.45) is 0.798. The molecule has 27 heavy (non-hydrogen) atoms. The van der Waals surface area contributed by atoms with Gasteiger partial charge in [-0.05, 0) is 12.5 Å². The largest absolute Gasteiger partial charge is 0.296 e. The van der Waals surface area contributed by atoms with E-state index >= 15 is 0 Å². The Balaban J connectivity index is 1.38. The summed E-state index contributed by atoms with van der Waals surface area (Å²) in [5.74, 6) is -0.145. The second-order valence-electron chi connectivity index (χ2n) is 6.77. The highest BCUT2D eigenvalue weighted by molar-refractivity contribution is 7.16. The Bertz CT molecular complexity index is 993. The van der Waals surface area contributed by atoms with Crippen LogP contribution in [0, 0.1) is 5.82 Å². The van der Waals surface area contributed by atoms with Crippen LogP contribution in [0.1, 0.15) is 23.2 Å². The zero-order chi connectivity index (χ0) is 18.8. The molecule has 1 aliphatic heterocycles. The third-order valence-corrected chi connectivity index (χ3v) is 5.90. The number of nitrogens with zero attached hydrogens (tertiary/aromatic N) is 5. The highest BCUT2D eigenvalue weighted by atomic mass is 32.1. The van der Waals surface area contributed by atoms with Gasteiger partial charge < -0.3 is 0 Å². The predicted molar refractivity (Wildman–Crippen MR) is 103 cm³/mol. The number of aryl methyl sites for hydroxylation is 1. The number of fused-ring (bicyclic) bond motifs is 1. The second-order valence-corrected chi connectivity index (χ2v) is 7.81. The number of benzene rings is 1. The molecular weight excluding hydrogens is 365 g/mol. The van der Waals surface area contributed by atoms with Crippen LogP contribution in [-0.2, 0) is 19.5 Å². The van der Waals surface area contributed by atoms with Gasteiger partial charge in [0.25, 0.3) is 5.56 Å². The van der Waals surface area contributed by atoms with Crippen LogP contribution < -0.4 is 5.56 Å². The van der Waals surface area contributed by atoms with E-state index in [9.17, 15) is 9.18 Å². The minimum atomic E-state index is -0.145. The minimum absolute atomic E-state index is 0.121. The molecule has 0 saturated carbocycles. The van der Waals surface area contributed by atoms with Crippen LogP contribution in [0.3, 0.4) is 0 Å². The average Bonchev–Trinajstić information content (AvgIpc) is 3.09. The predicted octanol–water partition coefficient (Wildman–Crippen LogP) is 2.17. The van der Waals surface area contributed by atoms with Gasteiger partial charge in [-0.2, -0.15) is 9.61 Å². The van der Waals surface area contributed by atoms with Crippen LogP contribution in [0.15, 0.2) is 35.1 Å². The molecule has 2 aromatic heterocycles. The summed E-state index contributed by atoms with van der Waals surface area (Å²) < 4.78 is 15.2. The van der Waals surface area contributed by atoms with Gasteiger partial charge in [0.1, 0.15) is 10.8 Å². The normalized spacial score (nSPS) is 16.2. The van der Waals surface area contributed by atoms with Gasteiger partial charge in [0, 0.05) is 50.9 Å². The Labute approximate surface area is 160 Å². The zero-order valence-electron chi connectivity index (χ0n) is 15.3. The van der Waals surface area contributed by atoms with Crippen molar-refractivity contribution in [2.45, 2.75) is 26.4 Å². The quantitative estimate of drug-likeness (QED) is 0.672. The summed E-state index contributed by atoms with van der Waals surface area (Å²) in [5, 5.41) is 5.20. The van der Waals surface area contributed by atoms with Crippen molar-refractivity contribution in [2.75, 3.05) is 26.2 Å². The maximum atomic E-state index is 13.8. The van der Waals surface area contributed by atoms with Crippen LogP contribution >= 0.6 is 11.3 Å². The van der Waals surface area contributed by atoms with Crippen molar-refractivity contribution < 1.29 is 4.39 Å². The molecule has 0 spiro atoms.